The summed E-state index contributed by atoms with van der Waals surface area (Å²) in [4.78, 5) is 22.0. The predicted molar refractivity (Wildman–Crippen MR) is 123 cm³/mol. The van der Waals surface area contributed by atoms with Crippen molar-refractivity contribution in [2.75, 3.05) is 19.5 Å². The summed E-state index contributed by atoms with van der Waals surface area (Å²) in [5.74, 6) is 1.08. The molecular formula is C24H20ClN3O4. The number of rotatable bonds is 5. The standard InChI is InChI=1S/C24H20ClN3O4/c1-14-4-9-22(26-13-14)28-23(29)18-11-15-10-16(25)5-7-20(15)32-24(18)27-19-12-17(30-2)6-8-21(19)31-3/h4-13H,1-3H3,(H,26,28,29). The monoisotopic (exact) mass is 449 g/mol. The number of nitrogens with zero attached hydrogens (tertiary/aromatic N) is 2. The van der Waals surface area contributed by atoms with Gasteiger partial charge in [0, 0.05) is 22.7 Å². The second-order valence-corrected chi connectivity index (χ2v) is 7.41. The summed E-state index contributed by atoms with van der Waals surface area (Å²) in [6.45, 7) is 1.92. The van der Waals surface area contributed by atoms with E-state index in [1.165, 1.54) is 7.11 Å². The number of benzene rings is 2. The van der Waals surface area contributed by atoms with E-state index in [-0.39, 0.29) is 11.1 Å². The molecule has 4 aromatic rings. The van der Waals surface area contributed by atoms with Crippen LogP contribution >= 0.6 is 11.6 Å². The van der Waals surface area contributed by atoms with Gasteiger partial charge in [-0.1, -0.05) is 17.7 Å². The Morgan fingerprint density at radius 2 is 1.91 bits per heavy atom. The molecular weight excluding hydrogens is 430 g/mol. The lowest BCUT2D eigenvalue weighted by atomic mass is 10.1. The number of aryl methyl sites for hydroxylation is 1. The number of aromatic nitrogens is 1. The molecule has 0 aliphatic rings. The summed E-state index contributed by atoms with van der Waals surface area (Å²) in [6, 6.07) is 15.6. The van der Waals surface area contributed by atoms with E-state index in [9.17, 15) is 4.79 Å². The lowest BCUT2D eigenvalue weighted by Crippen LogP contribution is -2.22. The first kappa shape index (κ1) is 21.4. The molecule has 2 aromatic carbocycles. The molecule has 0 bridgehead atoms. The third-order valence-electron chi connectivity index (χ3n) is 4.71. The quantitative estimate of drug-likeness (QED) is 0.447. The number of anilines is 1. The zero-order chi connectivity index (χ0) is 22.7. The van der Waals surface area contributed by atoms with Gasteiger partial charge in [-0.25, -0.2) is 9.98 Å². The minimum atomic E-state index is -0.424. The molecule has 0 radical (unpaired) electrons. The number of methoxy groups -OCH3 is 2. The summed E-state index contributed by atoms with van der Waals surface area (Å²) in [6.07, 6.45) is 1.67. The van der Waals surface area contributed by atoms with E-state index in [1.807, 2.05) is 13.0 Å². The summed E-state index contributed by atoms with van der Waals surface area (Å²) in [7, 11) is 3.10. The molecule has 0 fully saturated rings. The average molecular weight is 450 g/mol. The minimum absolute atomic E-state index is 0.107. The van der Waals surface area contributed by atoms with Gasteiger partial charge in [0.2, 0.25) is 5.55 Å². The molecule has 4 rings (SSSR count). The summed E-state index contributed by atoms with van der Waals surface area (Å²) in [5, 5.41) is 3.97. The Morgan fingerprint density at radius 1 is 1.06 bits per heavy atom. The second-order valence-electron chi connectivity index (χ2n) is 6.97. The molecule has 8 heteroatoms. The van der Waals surface area contributed by atoms with Gasteiger partial charge in [0.1, 0.15) is 34.2 Å². The Labute approximate surface area is 189 Å². The van der Waals surface area contributed by atoms with Crippen molar-refractivity contribution in [2.45, 2.75) is 6.92 Å². The van der Waals surface area contributed by atoms with Crippen LogP contribution in [0.2, 0.25) is 5.02 Å². The topological polar surface area (TPSA) is 86.0 Å². The molecule has 0 saturated carbocycles. The molecule has 0 atom stereocenters. The maximum atomic E-state index is 13.2. The first-order valence-electron chi connectivity index (χ1n) is 9.71. The molecule has 0 spiro atoms. The Hall–Kier alpha value is -3.84. The Balaban J connectivity index is 1.89. The molecule has 0 saturated heterocycles. The SMILES string of the molecule is COc1ccc(OC)c(N=c2oc3ccc(Cl)cc3cc2C(=O)Nc2ccc(C)cn2)c1. The molecule has 0 aliphatic heterocycles. The largest absolute Gasteiger partial charge is 0.497 e. The van der Waals surface area contributed by atoms with Gasteiger partial charge in [-0.15, -0.1) is 0 Å². The van der Waals surface area contributed by atoms with Crippen LogP contribution in [-0.4, -0.2) is 25.1 Å². The first-order valence-corrected chi connectivity index (χ1v) is 10.1. The lowest BCUT2D eigenvalue weighted by molar-refractivity contribution is 0.102. The van der Waals surface area contributed by atoms with Crippen molar-refractivity contribution >= 4 is 40.0 Å². The van der Waals surface area contributed by atoms with Crippen LogP contribution in [0.3, 0.4) is 0 Å². The second kappa shape index (κ2) is 9.11. The maximum absolute atomic E-state index is 13.2. The van der Waals surface area contributed by atoms with Crippen LogP contribution < -0.4 is 20.3 Å². The van der Waals surface area contributed by atoms with Gasteiger partial charge in [-0.3, -0.25) is 4.79 Å². The fourth-order valence-electron chi connectivity index (χ4n) is 3.07. The predicted octanol–water partition coefficient (Wildman–Crippen LogP) is 5.29. The number of ether oxygens (including phenoxy) is 2. The van der Waals surface area contributed by atoms with Crippen LogP contribution in [0.15, 0.2) is 70.2 Å². The first-order chi connectivity index (χ1) is 15.5. The van der Waals surface area contributed by atoms with Crippen LogP contribution in [0, 0.1) is 6.92 Å². The molecule has 32 heavy (non-hydrogen) atoms. The van der Waals surface area contributed by atoms with E-state index >= 15 is 0 Å². The Bertz CT molecular complexity index is 1360. The van der Waals surface area contributed by atoms with Crippen molar-refractivity contribution in [2.24, 2.45) is 4.99 Å². The van der Waals surface area contributed by atoms with E-state index in [1.54, 1.807) is 61.8 Å². The highest BCUT2D eigenvalue weighted by Gasteiger charge is 2.15. The number of hydrogen-bond acceptors (Lipinski definition) is 6. The number of nitrogens with one attached hydrogen (secondary N) is 1. The molecule has 162 valence electrons. The number of hydrogen-bond donors (Lipinski definition) is 1. The van der Waals surface area contributed by atoms with E-state index in [0.717, 1.165) is 5.56 Å². The Morgan fingerprint density at radius 3 is 2.62 bits per heavy atom. The van der Waals surface area contributed by atoms with Crippen molar-refractivity contribution < 1.29 is 18.7 Å². The van der Waals surface area contributed by atoms with Crippen molar-refractivity contribution in [3.05, 3.63) is 82.5 Å². The highest BCUT2D eigenvalue weighted by Crippen LogP contribution is 2.31. The van der Waals surface area contributed by atoms with E-state index < -0.39 is 5.91 Å². The van der Waals surface area contributed by atoms with Crippen LogP contribution in [0.25, 0.3) is 11.0 Å². The van der Waals surface area contributed by atoms with Crippen LogP contribution in [0.4, 0.5) is 11.5 Å². The minimum Gasteiger partial charge on any atom is -0.497 e. The number of halogens is 1. The molecule has 2 aromatic heterocycles. The van der Waals surface area contributed by atoms with Crippen LogP contribution in [0.1, 0.15) is 15.9 Å². The number of carbonyl (C=O) groups is 1. The van der Waals surface area contributed by atoms with E-state index in [0.29, 0.717) is 39.0 Å². The highest BCUT2D eigenvalue weighted by atomic mass is 35.5. The van der Waals surface area contributed by atoms with Gasteiger partial charge in [0.15, 0.2) is 0 Å². The smallest absolute Gasteiger partial charge is 0.262 e. The summed E-state index contributed by atoms with van der Waals surface area (Å²) >= 11 is 6.13. The van der Waals surface area contributed by atoms with Crippen molar-refractivity contribution in [1.29, 1.82) is 0 Å². The molecule has 0 unspecified atom stereocenters. The normalized spacial score (nSPS) is 11.4. The molecule has 0 aliphatic carbocycles. The number of carbonyl (C=O) groups excluding carboxylic acids is 1. The fourth-order valence-corrected chi connectivity index (χ4v) is 3.25. The van der Waals surface area contributed by atoms with E-state index in [4.69, 9.17) is 25.5 Å². The van der Waals surface area contributed by atoms with Gasteiger partial charge in [0.05, 0.1) is 14.2 Å². The zero-order valence-corrected chi connectivity index (χ0v) is 18.4. The van der Waals surface area contributed by atoms with Gasteiger partial charge < -0.3 is 19.2 Å². The molecule has 2 heterocycles. The van der Waals surface area contributed by atoms with Crippen LogP contribution in [0.5, 0.6) is 11.5 Å². The maximum Gasteiger partial charge on any atom is 0.262 e. The van der Waals surface area contributed by atoms with Crippen molar-refractivity contribution in [1.82, 2.24) is 4.98 Å². The average Bonchev–Trinajstić information content (AvgIpc) is 2.80. The Kier molecular flexibility index (Phi) is 6.09. The van der Waals surface area contributed by atoms with Crippen molar-refractivity contribution in [3.8, 4) is 11.5 Å². The van der Waals surface area contributed by atoms with E-state index in [2.05, 4.69) is 15.3 Å². The molecule has 1 N–H and O–H groups in total. The van der Waals surface area contributed by atoms with Crippen molar-refractivity contribution in [3.63, 3.8) is 0 Å². The number of pyridine rings is 1. The number of fused-ring (bicyclic) bond motifs is 1. The van der Waals surface area contributed by atoms with Gasteiger partial charge >= 0.3 is 0 Å². The third kappa shape index (κ3) is 4.58. The summed E-state index contributed by atoms with van der Waals surface area (Å²) < 4.78 is 16.7. The van der Waals surface area contributed by atoms with Gasteiger partial charge in [0.25, 0.3) is 5.91 Å². The van der Waals surface area contributed by atoms with Crippen LogP contribution in [-0.2, 0) is 0 Å². The highest BCUT2D eigenvalue weighted by molar-refractivity contribution is 6.31. The fraction of sp³-hybridized carbons (Fsp3) is 0.125. The summed E-state index contributed by atoms with van der Waals surface area (Å²) in [5.41, 5.74) is 2.29. The third-order valence-corrected chi connectivity index (χ3v) is 4.95. The number of amides is 1. The van der Waals surface area contributed by atoms with Gasteiger partial charge in [-0.2, -0.15) is 0 Å². The molecule has 1 amide bonds. The zero-order valence-electron chi connectivity index (χ0n) is 17.7. The lowest BCUT2D eigenvalue weighted by Gasteiger charge is -2.09. The molecule has 7 nitrogen and oxygen atoms in total. The van der Waals surface area contributed by atoms with Gasteiger partial charge in [-0.05, 0) is 55.0 Å².